The van der Waals surface area contributed by atoms with Crippen LogP contribution in [0.4, 0.5) is 8.78 Å². The maximum Gasteiger partial charge on any atom is 0.387 e. The Morgan fingerprint density at radius 3 is 2.72 bits per heavy atom. The van der Waals surface area contributed by atoms with Gasteiger partial charge in [-0.15, -0.1) is 0 Å². The van der Waals surface area contributed by atoms with Gasteiger partial charge in [-0.3, -0.25) is 9.69 Å². The summed E-state index contributed by atoms with van der Waals surface area (Å²) < 4.78 is 29.9. The molecular formula is C22H23F2N3O2. The van der Waals surface area contributed by atoms with Crippen molar-refractivity contribution < 1.29 is 18.3 Å². The second-order valence-electron chi connectivity index (χ2n) is 7.35. The third-order valence-corrected chi connectivity index (χ3v) is 5.45. The Kier molecular flexibility index (Phi) is 5.49. The first-order chi connectivity index (χ1) is 14.0. The van der Waals surface area contributed by atoms with E-state index in [-0.39, 0.29) is 17.7 Å². The fraction of sp³-hybridized carbons (Fsp3) is 0.318. The van der Waals surface area contributed by atoms with Crippen molar-refractivity contribution in [1.82, 2.24) is 14.8 Å². The number of H-pyrrole nitrogens is 1. The number of carbonyl (C=O) groups is 1. The quantitative estimate of drug-likeness (QED) is 0.711. The number of nitrogens with one attached hydrogen (secondary N) is 1. The monoisotopic (exact) mass is 399 g/mol. The Labute approximate surface area is 167 Å². The predicted octanol–water partition coefficient (Wildman–Crippen LogP) is 3.77. The van der Waals surface area contributed by atoms with Crippen molar-refractivity contribution in [2.24, 2.45) is 0 Å². The van der Waals surface area contributed by atoms with Gasteiger partial charge in [0.15, 0.2) is 0 Å². The number of alkyl halides is 2. The average molecular weight is 399 g/mol. The number of fused-ring (bicyclic) bond motifs is 1. The molecule has 0 saturated carbocycles. The summed E-state index contributed by atoms with van der Waals surface area (Å²) in [6.45, 7) is -0.898. The van der Waals surface area contributed by atoms with Crippen LogP contribution >= 0.6 is 0 Å². The number of aromatic amines is 1. The topological polar surface area (TPSA) is 48.6 Å². The van der Waals surface area contributed by atoms with Gasteiger partial charge in [-0.2, -0.15) is 8.78 Å². The summed E-state index contributed by atoms with van der Waals surface area (Å²) in [6, 6.07) is 16.9. The molecule has 2 aromatic carbocycles. The summed E-state index contributed by atoms with van der Waals surface area (Å²) in [5, 5.41) is 0.478. The van der Waals surface area contributed by atoms with E-state index in [0.717, 1.165) is 13.0 Å². The summed E-state index contributed by atoms with van der Waals surface area (Å²) in [5.74, 6) is -0.0662. The SMILES string of the molecule is CN1CCN(C(=O)c2cc3c(OC(F)F)cccc3[nH]2)CC1Cc1ccccc1. The van der Waals surface area contributed by atoms with Crippen LogP contribution in [0.15, 0.2) is 54.6 Å². The molecule has 1 amide bonds. The predicted molar refractivity (Wildman–Crippen MR) is 107 cm³/mol. The van der Waals surface area contributed by atoms with Crippen LogP contribution in [0.1, 0.15) is 16.1 Å². The number of hydrogen-bond donors (Lipinski definition) is 1. The second-order valence-corrected chi connectivity index (χ2v) is 7.35. The van der Waals surface area contributed by atoms with Crippen molar-refractivity contribution >= 4 is 16.8 Å². The van der Waals surface area contributed by atoms with Gasteiger partial charge in [-0.25, -0.2) is 0 Å². The minimum Gasteiger partial charge on any atom is -0.434 e. The lowest BCUT2D eigenvalue weighted by Gasteiger charge is -2.39. The van der Waals surface area contributed by atoms with Crippen molar-refractivity contribution in [3.63, 3.8) is 0 Å². The molecule has 1 aliphatic rings. The molecule has 152 valence electrons. The second kappa shape index (κ2) is 8.21. The number of nitrogens with zero attached hydrogens (tertiary/aromatic N) is 2. The molecule has 7 heteroatoms. The fourth-order valence-corrected chi connectivity index (χ4v) is 3.85. The summed E-state index contributed by atoms with van der Waals surface area (Å²) in [7, 11) is 2.08. The first-order valence-corrected chi connectivity index (χ1v) is 9.61. The molecule has 1 aliphatic heterocycles. The van der Waals surface area contributed by atoms with Crippen molar-refractivity contribution in [3.8, 4) is 5.75 Å². The van der Waals surface area contributed by atoms with E-state index in [2.05, 4.69) is 33.8 Å². The molecule has 2 heterocycles. The fourth-order valence-electron chi connectivity index (χ4n) is 3.85. The molecule has 1 N–H and O–H groups in total. The minimum absolute atomic E-state index is 0.0631. The summed E-state index contributed by atoms with van der Waals surface area (Å²) >= 11 is 0. The Morgan fingerprint density at radius 2 is 1.97 bits per heavy atom. The van der Waals surface area contributed by atoms with Crippen molar-refractivity contribution in [3.05, 3.63) is 65.9 Å². The summed E-state index contributed by atoms with van der Waals surface area (Å²) in [5.41, 5.74) is 2.22. The smallest absolute Gasteiger partial charge is 0.387 e. The highest BCUT2D eigenvalue weighted by atomic mass is 19.3. The molecule has 1 saturated heterocycles. The first-order valence-electron chi connectivity index (χ1n) is 9.61. The van der Waals surface area contributed by atoms with Crippen LogP contribution in [0.3, 0.4) is 0 Å². The molecule has 0 spiro atoms. The first kappa shape index (κ1) is 19.4. The Hall–Kier alpha value is -2.93. The minimum atomic E-state index is -2.91. The van der Waals surface area contributed by atoms with E-state index in [9.17, 15) is 13.6 Å². The molecule has 1 atom stereocenters. The van der Waals surface area contributed by atoms with Gasteiger partial charge in [-0.1, -0.05) is 36.4 Å². The standard InChI is InChI=1S/C22H23F2N3O2/c1-26-10-11-27(14-16(26)12-15-6-3-2-4-7-15)21(28)19-13-17-18(25-19)8-5-9-20(17)29-22(23)24/h2-9,13,16,22,25H,10-12,14H2,1H3. The number of halogens is 2. The van der Waals surface area contributed by atoms with E-state index in [1.807, 2.05) is 23.1 Å². The zero-order chi connectivity index (χ0) is 20.4. The number of carbonyl (C=O) groups excluding carboxylic acids is 1. The molecule has 0 aliphatic carbocycles. The van der Waals surface area contributed by atoms with Gasteiger partial charge in [0, 0.05) is 36.6 Å². The van der Waals surface area contributed by atoms with Crippen LogP contribution in [-0.2, 0) is 6.42 Å². The zero-order valence-corrected chi connectivity index (χ0v) is 16.1. The molecule has 4 rings (SSSR count). The third-order valence-electron chi connectivity index (χ3n) is 5.45. The third kappa shape index (κ3) is 4.24. The highest BCUT2D eigenvalue weighted by Crippen LogP contribution is 2.28. The lowest BCUT2D eigenvalue weighted by molar-refractivity contribution is -0.0487. The summed E-state index contributed by atoms with van der Waals surface area (Å²) in [6.07, 6.45) is 0.861. The zero-order valence-electron chi connectivity index (χ0n) is 16.1. The normalized spacial score (nSPS) is 17.8. The maximum atomic E-state index is 13.1. The van der Waals surface area contributed by atoms with Crippen LogP contribution in [0, 0.1) is 0 Å². The van der Waals surface area contributed by atoms with Crippen LogP contribution < -0.4 is 4.74 Å². The highest BCUT2D eigenvalue weighted by molar-refractivity contribution is 5.99. The lowest BCUT2D eigenvalue weighted by Crippen LogP contribution is -2.54. The van der Waals surface area contributed by atoms with E-state index in [4.69, 9.17) is 0 Å². The number of ether oxygens (including phenoxy) is 1. The van der Waals surface area contributed by atoms with E-state index in [1.54, 1.807) is 18.2 Å². The van der Waals surface area contributed by atoms with Gasteiger partial charge in [0.25, 0.3) is 5.91 Å². The van der Waals surface area contributed by atoms with E-state index >= 15 is 0 Å². The van der Waals surface area contributed by atoms with E-state index in [1.165, 1.54) is 11.6 Å². The summed E-state index contributed by atoms with van der Waals surface area (Å²) in [4.78, 5) is 20.2. The Morgan fingerprint density at radius 1 is 1.17 bits per heavy atom. The molecule has 29 heavy (non-hydrogen) atoms. The molecule has 5 nitrogen and oxygen atoms in total. The Balaban J connectivity index is 1.53. The molecular weight excluding hydrogens is 376 g/mol. The number of piperazine rings is 1. The number of benzene rings is 2. The van der Waals surface area contributed by atoms with Gasteiger partial charge >= 0.3 is 6.61 Å². The van der Waals surface area contributed by atoms with Gasteiger partial charge in [-0.05, 0) is 37.2 Å². The lowest BCUT2D eigenvalue weighted by atomic mass is 10.0. The van der Waals surface area contributed by atoms with Crippen molar-refractivity contribution in [2.45, 2.75) is 19.1 Å². The van der Waals surface area contributed by atoms with Crippen molar-refractivity contribution in [1.29, 1.82) is 0 Å². The molecule has 1 fully saturated rings. The number of amides is 1. The van der Waals surface area contributed by atoms with Crippen LogP contribution in [-0.4, -0.2) is 60.0 Å². The molecule has 1 aromatic heterocycles. The number of rotatable bonds is 5. The van der Waals surface area contributed by atoms with Crippen LogP contribution in [0.2, 0.25) is 0 Å². The molecule has 0 bridgehead atoms. The van der Waals surface area contributed by atoms with Gasteiger partial charge in [0.1, 0.15) is 11.4 Å². The van der Waals surface area contributed by atoms with Crippen LogP contribution in [0.5, 0.6) is 5.75 Å². The van der Waals surface area contributed by atoms with Crippen molar-refractivity contribution in [2.75, 3.05) is 26.7 Å². The molecule has 1 unspecified atom stereocenters. The van der Waals surface area contributed by atoms with Gasteiger partial charge < -0.3 is 14.6 Å². The van der Waals surface area contributed by atoms with E-state index < -0.39 is 6.61 Å². The van der Waals surface area contributed by atoms with Gasteiger partial charge in [0.05, 0.1) is 0 Å². The molecule has 0 radical (unpaired) electrons. The maximum absolute atomic E-state index is 13.1. The Bertz CT molecular complexity index is 990. The van der Waals surface area contributed by atoms with E-state index in [0.29, 0.717) is 29.7 Å². The number of aromatic nitrogens is 1. The average Bonchev–Trinajstić information content (AvgIpc) is 3.15. The van der Waals surface area contributed by atoms with Gasteiger partial charge in [0.2, 0.25) is 0 Å². The number of likely N-dealkylation sites (N-methyl/N-ethyl adjacent to an activating group) is 1. The highest BCUT2D eigenvalue weighted by Gasteiger charge is 2.29. The largest absolute Gasteiger partial charge is 0.434 e. The number of hydrogen-bond acceptors (Lipinski definition) is 3. The van der Waals surface area contributed by atoms with Crippen LogP contribution in [0.25, 0.3) is 10.9 Å². The molecule has 3 aromatic rings.